The number of amides is 2. The van der Waals surface area contributed by atoms with E-state index in [1.54, 1.807) is 36.4 Å². The van der Waals surface area contributed by atoms with Crippen LogP contribution in [0.15, 0.2) is 36.4 Å². The third-order valence-electron chi connectivity index (χ3n) is 6.13. The van der Waals surface area contributed by atoms with Crippen molar-refractivity contribution in [3.05, 3.63) is 58.7 Å². The van der Waals surface area contributed by atoms with Crippen molar-refractivity contribution >= 4 is 42.9 Å². The van der Waals surface area contributed by atoms with Crippen LogP contribution in [0.2, 0.25) is 0 Å². The summed E-state index contributed by atoms with van der Waals surface area (Å²) in [4.78, 5) is 37.9. The van der Waals surface area contributed by atoms with Gasteiger partial charge in [-0.3, -0.25) is 14.4 Å². The maximum atomic E-state index is 12.9. The van der Waals surface area contributed by atoms with E-state index in [2.05, 4.69) is 5.32 Å². The highest BCUT2D eigenvalue weighted by Gasteiger charge is 2.29. The number of rotatable bonds is 10. The lowest BCUT2D eigenvalue weighted by Gasteiger charge is -2.21. The number of benzene rings is 2. The van der Waals surface area contributed by atoms with Crippen LogP contribution in [0, 0.1) is 0 Å². The molecule has 2 aliphatic rings. The molecule has 4 N–H and O–H groups in total. The molecule has 0 saturated heterocycles. The first kappa shape index (κ1) is 24.9. The number of unbranched alkanes of at least 4 members (excludes halogenated alkanes) is 2. The zero-order valence-corrected chi connectivity index (χ0v) is 19.1. The molecule has 10 nitrogen and oxygen atoms in total. The van der Waals surface area contributed by atoms with Crippen LogP contribution in [-0.4, -0.2) is 71.7 Å². The average Bonchev–Trinajstić information content (AvgIpc) is 3.41. The van der Waals surface area contributed by atoms with E-state index in [-0.39, 0.29) is 19.1 Å². The summed E-state index contributed by atoms with van der Waals surface area (Å²) in [5, 5.41) is 31.7. The van der Waals surface area contributed by atoms with Crippen LogP contribution < -0.4 is 16.2 Å². The SMILES string of the molecule is O=C(O)CN(CCCCCNC(=O)c1ccc2c(c1)B(O)OC2)C(=O)c1ccc2c(c1)B(O)OC2. The Morgan fingerprint density at radius 3 is 2.11 bits per heavy atom. The van der Waals surface area contributed by atoms with Crippen molar-refractivity contribution < 1.29 is 38.8 Å². The molecule has 2 amide bonds. The van der Waals surface area contributed by atoms with Gasteiger partial charge in [0.05, 0.1) is 13.2 Å². The second-order valence-electron chi connectivity index (χ2n) is 8.59. The summed E-state index contributed by atoms with van der Waals surface area (Å²) in [6.45, 7) is 0.827. The van der Waals surface area contributed by atoms with Crippen LogP contribution in [0.25, 0.3) is 0 Å². The summed E-state index contributed by atoms with van der Waals surface area (Å²) < 4.78 is 10.3. The van der Waals surface area contributed by atoms with Crippen LogP contribution >= 0.6 is 0 Å². The van der Waals surface area contributed by atoms with Gasteiger partial charge in [-0.2, -0.15) is 0 Å². The van der Waals surface area contributed by atoms with Crippen molar-refractivity contribution in [3.63, 3.8) is 0 Å². The molecule has 0 saturated carbocycles. The Balaban J connectivity index is 1.24. The van der Waals surface area contributed by atoms with Gasteiger partial charge in [0.1, 0.15) is 6.54 Å². The van der Waals surface area contributed by atoms with E-state index in [0.717, 1.165) is 11.1 Å². The summed E-state index contributed by atoms with van der Waals surface area (Å²) in [6.07, 6.45) is 1.89. The highest BCUT2D eigenvalue weighted by Crippen LogP contribution is 2.14. The largest absolute Gasteiger partial charge is 0.491 e. The number of aliphatic carboxylic acids is 1. The molecule has 2 heterocycles. The van der Waals surface area contributed by atoms with Crippen molar-refractivity contribution in [2.24, 2.45) is 0 Å². The molecule has 182 valence electrons. The van der Waals surface area contributed by atoms with Gasteiger partial charge in [0.2, 0.25) is 0 Å². The molecule has 0 atom stereocenters. The molecule has 0 unspecified atom stereocenters. The van der Waals surface area contributed by atoms with E-state index in [0.29, 0.717) is 54.5 Å². The van der Waals surface area contributed by atoms with E-state index < -0.39 is 32.7 Å². The number of fused-ring (bicyclic) bond motifs is 2. The number of nitrogens with one attached hydrogen (secondary N) is 1. The Kier molecular flexibility index (Phi) is 7.86. The number of nitrogens with zero attached hydrogens (tertiary/aromatic N) is 1. The first-order valence-corrected chi connectivity index (χ1v) is 11.5. The van der Waals surface area contributed by atoms with Crippen molar-refractivity contribution in [1.82, 2.24) is 10.2 Å². The molecule has 2 aromatic rings. The molecular weight excluding hydrogens is 454 g/mol. The summed E-state index contributed by atoms with van der Waals surface area (Å²) in [5.41, 5.74) is 3.52. The topological polar surface area (TPSA) is 146 Å². The monoisotopic (exact) mass is 480 g/mol. The van der Waals surface area contributed by atoms with Crippen LogP contribution in [-0.2, 0) is 27.3 Å². The third kappa shape index (κ3) is 5.91. The van der Waals surface area contributed by atoms with Gasteiger partial charge in [-0.25, -0.2) is 0 Å². The van der Waals surface area contributed by atoms with Crippen LogP contribution in [0.1, 0.15) is 51.1 Å². The highest BCUT2D eigenvalue weighted by atomic mass is 16.5. The fourth-order valence-electron chi connectivity index (χ4n) is 4.21. The summed E-state index contributed by atoms with van der Waals surface area (Å²) >= 11 is 0. The van der Waals surface area contributed by atoms with Crippen molar-refractivity contribution in [3.8, 4) is 0 Å². The molecule has 0 bridgehead atoms. The predicted molar refractivity (Wildman–Crippen MR) is 127 cm³/mol. The van der Waals surface area contributed by atoms with E-state index in [1.165, 1.54) is 4.90 Å². The molecule has 2 aromatic carbocycles. The van der Waals surface area contributed by atoms with E-state index in [9.17, 15) is 29.5 Å². The molecule has 35 heavy (non-hydrogen) atoms. The van der Waals surface area contributed by atoms with Gasteiger partial charge in [-0.1, -0.05) is 12.1 Å². The maximum Gasteiger partial charge on any atom is 0.491 e. The molecule has 2 aliphatic heterocycles. The molecule has 4 rings (SSSR count). The number of carboxylic acid groups (broad SMARTS) is 1. The number of hydrogen-bond acceptors (Lipinski definition) is 7. The van der Waals surface area contributed by atoms with Gasteiger partial charge in [0, 0.05) is 24.2 Å². The van der Waals surface area contributed by atoms with Gasteiger partial charge >= 0.3 is 20.2 Å². The molecular formula is C23H26B2N2O8. The predicted octanol–water partition coefficient (Wildman–Crippen LogP) is -0.751. The highest BCUT2D eigenvalue weighted by molar-refractivity contribution is 6.62. The molecule has 0 radical (unpaired) electrons. The summed E-state index contributed by atoms with van der Waals surface area (Å²) in [6, 6.07) is 9.94. The van der Waals surface area contributed by atoms with Gasteiger partial charge in [-0.05, 0) is 65.6 Å². The lowest BCUT2D eigenvalue weighted by Crippen LogP contribution is -2.37. The first-order chi connectivity index (χ1) is 16.8. The van der Waals surface area contributed by atoms with Crippen molar-refractivity contribution in [2.75, 3.05) is 19.6 Å². The van der Waals surface area contributed by atoms with E-state index >= 15 is 0 Å². The Morgan fingerprint density at radius 2 is 1.49 bits per heavy atom. The van der Waals surface area contributed by atoms with Crippen LogP contribution in [0.5, 0.6) is 0 Å². The van der Waals surface area contributed by atoms with E-state index in [4.69, 9.17) is 9.31 Å². The van der Waals surface area contributed by atoms with Gasteiger partial charge in [0.15, 0.2) is 0 Å². The van der Waals surface area contributed by atoms with Crippen LogP contribution in [0.3, 0.4) is 0 Å². The first-order valence-electron chi connectivity index (χ1n) is 11.5. The minimum atomic E-state index is -1.11. The molecule has 0 aromatic heterocycles. The Morgan fingerprint density at radius 1 is 0.886 bits per heavy atom. The zero-order valence-electron chi connectivity index (χ0n) is 19.1. The zero-order chi connectivity index (χ0) is 24.9. The van der Waals surface area contributed by atoms with Crippen LogP contribution in [0.4, 0.5) is 0 Å². The molecule has 0 spiro atoms. The lowest BCUT2D eigenvalue weighted by atomic mass is 9.78. The minimum absolute atomic E-state index is 0.248. The summed E-state index contributed by atoms with van der Waals surface area (Å²) in [5.74, 6) is -1.79. The third-order valence-corrected chi connectivity index (χ3v) is 6.13. The Hall–Kier alpha value is -3.18. The Bertz CT molecular complexity index is 1130. The number of hydrogen-bond donors (Lipinski definition) is 4. The number of carbonyl (C=O) groups excluding carboxylic acids is 2. The van der Waals surface area contributed by atoms with Gasteiger partial charge < -0.3 is 34.7 Å². The normalized spacial score (nSPS) is 14.0. The van der Waals surface area contributed by atoms with E-state index in [1.807, 2.05) is 0 Å². The second kappa shape index (κ2) is 11.0. The van der Waals surface area contributed by atoms with Gasteiger partial charge in [-0.15, -0.1) is 0 Å². The minimum Gasteiger partial charge on any atom is -0.480 e. The van der Waals surface area contributed by atoms with Crippen molar-refractivity contribution in [1.29, 1.82) is 0 Å². The van der Waals surface area contributed by atoms with Gasteiger partial charge in [0.25, 0.3) is 11.8 Å². The molecule has 12 heteroatoms. The number of carbonyl (C=O) groups is 3. The number of carboxylic acids is 1. The molecule has 0 fully saturated rings. The molecule has 0 aliphatic carbocycles. The maximum absolute atomic E-state index is 12.9. The average molecular weight is 480 g/mol. The quantitative estimate of drug-likeness (QED) is 0.257. The summed E-state index contributed by atoms with van der Waals surface area (Å²) in [7, 11) is -2.10. The smallest absolute Gasteiger partial charge is 0.480 e. The second-order valence-corrected chi connectivity index (χ2v) is 8.59. The fourth-order valence-corrected chi connectivity index (χ4v) is 4.21. The van der Waals surface area contributed by atoms with Crippen molar-refractivity contribution in [2.45, 2.75) is 32.5 Å². The Labute approximate surface area is 203 Å². The lowest BCUT2D eigenvalue weighted by molar-refractivity contribution is -0.137. The fraction of sp³-hybridized carbons (Fsp3) is 0.348. The standard InChI is InChI=1S/C23H26B2N2O8/c28-21(29)12-27(23(31)16-5-7-18-14-35-25(33)20(18)11-16)9-3-1-2-8-26-22(30)15-4-6-17-13-34-24(32)19(17)10-15/h4-7,10-11,32-33H,1-3,8-9,12-14H2,(H,26,30)(H,28,29).